The first kappa shape index (κ1) is 43.3. The highest BCUT2D eigenvalue weighted by molar-refractivity contribution is 5.94. The van der Waals surface area contributed by atoms with Crippen LogP contribution in [0.2, 0.25) is 0 Å². The van der Waals surface area contributed by atoms with Gasteiger partial charge >= 0.3 is 12.1 Å². The van der Waals surface area contributed by atoms with Gasteiger partial charge in [0.1, 0.15) is 35.1 Å². The third kappa shape index (κ3) is 14.7. The Morgan fingerprint density at radius 1 is 0.759 bits per heavy atom. The fourth-order valence-corrected chi connectivity index (χ4v) is 5.97. The summed E-state index contributed by atoms with van der Waals surface area (Å²) < 4.78 is 11.4. The molecule has 3 aromatic rings. The molecule has 10 heteroatoms. The average Bonchev–Trinajstić information content (AvgIpc) is 3.10. The van der Waals surface area contributed by atoms with Crippen LogP contribution in [0.15, 0.2) is 85.4 Å². The van der Waals surface area contributed by atoms with Crippen molar-refractivity contribution in [2.75, 3.05) is 6.54 Å². The lowest BCUT2D eigenvalue weighted by Crippen LogP contribution is -2.55. The smallest absolute Gasteiger partial charge is 0.408 e. The summed E-state index contributed by atoms with van der Waals surface area (Å²) >= 11 is 0. The van der Waals surface area contributed by atoms with E-state index in [0.29, 0.717) is 17.5 Å². The van der Waals surface area contributed by atoms with Crippen molar-refractivity contribution in [3.8, 4) is 5.75 Å². The summed E-state index contributed by atoms with van der Waals surface area (Å²) in [5.74, 6) is -1.63. The van der Waals surface area contributed by atoms with Crippen LogP contribution in [0, 0.1) is 0 Å². The summed E-state index contributed by atoms with van der Waals surface area (Å²) in [5, 5.41) is 15.7. The molecule has 10 nitrogen and oxygen atoms in total. The Hall–Kier alpha value is -5.12. The summed E-state index contributed by atoms with van der Waals surface area (Å²) in [6.45, 7) is 16.7. The zero-order valence-electron chi connectivity index (χ0n) is 33.0. The number of hydrogen-bond donors (Lipinski definition) is 3. The predicted octanol–water partition coefficient (Wildman–Crippen LogP) is 8.08. The third-order valence-corrected chi connectivity index (χ3v) is 8.46. The molecule has 292 valence electrons. The summed E-state index contributed by atoms with van der Waals surface area (Å²) in [7, 11) is 0. The molecule has 0 aliphatic rings. The number of nitrogens with zero attached hydrogens (tertiary/aromatic N) is 1. The van der Waals surface area contributed by atoms with Gasteiger partial charge in [-0.25, -0.2) is 9.59 Å². The number of carbonyl (C=O) groups is 4. The first-order valence-electron chi connectivity index (χ1n) is 18.9. The highest BCUT2D eigenvalue weighted by Gasteiger charge is 2.38. The number of alkyl carbamates (subject to hydrolysis) is 1. The lowest BCUT2D eigenvalue weighted by atomic mass is 9.97. The molecule has 3 unspecified atom stereocenters. The molecule has 0 radical (unpaired) electrons. The third-order valence-electron chi connectivity index (χ3n) is 8.46. The summed E-state index contributed by atoms with van der Waals surface area (Å²) in [4.78, 5) is 58.3. The molecule has 0 spiro atoms. The fraction of sp³-hybridized carbons (Fsp3) is 0.455. The first-order chi connectivity index (χ1) is 25.5. The van der Waals surface area contributed by atoms with Gasteiger partial charge in [-0.3, -0.25) is 9.59 Å². The lowest BCUT2D eigenvalue weighted by Gasteiger charge is -2.35. The predicted molar refractivity (Wildman–Crippen MR) is 213 cm³/mol. The van der Waals surface area contributed by atoms with E-state index in [1.807, 2.05) is 36.4 Å². The standard InChI is InChI=1S/C44H59N3O7/c1-9-11-12-13-17-27-47(40(50)36(46-42(52)54-44(6,7)8)29-33-23-25-35(48)26-24-33)38(34-22-18-21-31(10-2)28-34)39(49)45-37(41(51)53-43(3,4)5)30-32-19-15-14-16-20-32/h10,14-16,18-26,28,36-38,48H,2,9,11-13,17,27,29-30H2,1,3-8H3,(H,45,49)(H,46,52). The Bertz CT molecular complexity index is 1680. The monoisotopic (exact) mass is 741 g/mol. The molecule has 0 saturated heterocycles. The van der Waals surface area contributed by atoms with Crippen molar-refractivity contribution in [1.82, 2.24) is 15.5 Å². The molecule has 0 fully saturated rings. The van der Waals surface area contributed by atoms with Crippen molar-refractivity contribution in [3.63, 3.8) is 0 Å². The van der Waals surface area contributed by atoms with Crippen molar-refractivity contribution >= 4 is 30.0 Å². The molecule has 0 aliphatic carbocycles. The maximum absolute atomic E-state index is 15.0. The Labute approximate surface area is 321 Å². The number of benzene rings is 3. The number of esters is 1. The Morgan fingerprint density at radius 3 is 1.98 bits per heavy atom. The van der Waals surface area contributed by atoms with Crippen LogP contribution >= 0.6 is 0 Å². The van der Waals surface area contributed by atoms with Gasteiger partial charge < -0.3 is 30.1 Å². The number of aromatic hydroxyl groups is 1. The molecule has 0 heterocycles. The molecule has 0 bridgehead atoms. The molecule has 3 N–H and O–H groups in total. The molecule has 3 amide bonds. The van der Waals surface area contributed by atoms with Gasteiger partial charge in [0.2, 0.25) is 11.8 Å². The van der Waals surface area contributed by atoms with Gasteiger partial charge in [-0.15, -0.1) is 0 Å². The highest BCUT2D eigenvalue weighted by atomic mass is 16.6. The van der Waals surface area contributed by atoms with Crippen molar-refractivity contribution < 1.29 is 33.8 Å². The Morgan fingerprint density at radius 2 is 1.37 bits per heavy atom. The van der Waals surface area contributed by atoms with Gasteiger partial charge in [0.05, 0.1) is 0 Å². The second-order valence-corrected chi connectivity index (χ2v) is 15.6. The van der Waals surface area contributed by atoms with Crippen LogP contribution in [0.3, 0.4) is 0 Å². The van der Waals surface area contributed by atoms with Crippen LogP contribution in [0.1, 0.15) is 109 Å². The number of phenolic OH excluding ortho intramolecular Hbond substituents is 1. The topological polar surface area (TPSA) is 134 Å². The minimum Gasteiger partial charge on any atom is -0.508 e. The van der Waals surface area contributed by atoms with Gasteiger partial charge in [-0.1, -0.05) is 106 Å². The van der Waals surface area contributed by atoms with E-state index in [9.17, 15) is 19.5 Å². The Balaban J connectivity index is 2.16. The van der Waals surface area contributed by atoms with E-state index in [0.717, 1.165) is 36.8 Å². The van der Waals surface area contributed by atoms with Gasteiger partial charge in [0.15, 0.2) is 0 Å². The zero-order chi connectivity index (χ0) is 39.9. The maximum Gasteiger partial charge on any atom is 0.408 e. The van der Waals surface area contributed by atoms with Gasteiger partial charge in [0, 0.05) is 19.4 Å². The summed E-state index contributed by atoms with van der Waals surface area (Å²) in [6.07, 6.45) is 5.51. The fourth-order valence-electron chi connectivity index (χ4n) is 5.97. The summed E-state index contributed by atoms with van der Waals surface area (Å²) in [6, 6.07) is 19.5. The number of unbranched alkanes of at least 4 members (excludes halogenated alkanes) is 4. The Kier molecular flexibility index (Phi) is 16.3. The van der Waals surface area contributed by atoms with E-state index in [4.69, 9.17) is 9.47 Å². The maximum atomic E-state index is 15.0. The number of rotatable bonds is 18. The quantitative estimate of drug-likeness (QED) is 0.0887. The minimum atomic E-state index is -1.20. The second kappa shape index (κ2) is 20.4. The van der Waals surface area contributed by atoms with Gasteiger partial charge in [0.25, 0.3) is 0 Å². The van der Waals surface area contributed by atoms with Crippen LogP contribution in [0.5, 0.6) is 5.75 Å². The van der Waals surface area contributed by atoms with Crippen LogP contribution < -0.4 is 10.6 Å². The molecule has 54 heavy (non-hydrogen) atoms. The minimum absolute atomic E-state index is 0.0558. The van der Waals surface area contributed by atoms with Crippen LogP contribution in [0.25, 0.3) is 6.08 Å². The van der Waals surface area contributed by atoms with E-state index >= 15 is 4.79 Å². The lowest BCUT2D eigenvalue weighted by molar-refractivity contribution is -0.159. The molecule has 0 saturated carbocycles. The van der Waals surface area contributed by atoms with E-state index in [-0.39, 0.29) is 25.1 Å². The number of amides is 3. The first-order valence-corrected chi connectivity index (χ1v) is 18.9. The van der Waals surface area contributed by atoms with Crippen LogP contribution in [0.4, 0.5) is 4.79 Å². The number of ether oxygens (including phenoxy) is 2. The number of phenols is 1. The average molecular weight is 742 g/mol. The van der Waals surface area contributed by atoms with Crippen LogP contribution in [-0.4, -0.2) is 63.7 Å². The molecule has 0 aliphatic heterocycles. The number of nitrogens with one attached hydrogen (secondary N) is 2. The van der Waals surface area contributed by atoms with E-state index in [2.05, 4.69) is 24.1 Å². The van der Waals surface area contributed by atoms with E-state index < -0.39 is 53.2 Å². The second-order valence-electron chi connectivity index (χ2n) is 15.6. The van der Waals surface area contributed by atoms with E-state index in [1.165, 1.54) is 17.0 Å². The number of hydrogen-bond acceptors (Lipinski definition) is 7. The van der Waals surface area contributed by atoms with Crippen molar-refractivity contribution in [3.05, 3.63) is 108 Å². The van der Waals surface area contributed by atoms with Crippen LogP contribution in [-0.2, 0) is 36.7 Å². The van der Waals surface area contributed by atoms with Crippen molar-refractivity contribution in [1.29, 1.82) is 0 Å². The van der Waals surface area contributed by atoms with Crippen molar-refractivity contribution in [2.45, 2.75) is 123 Å². The number of carbonyl (C=O) groups excluding carboxylic acids is 4. The molecular weight excluding hydrogens is 682 g/mol. The highest BCUT2D eigenvalue weighted by Crippen LogP contribution is 2.27. The molecule has 3 atom stereocenters. The normalized spacial score (nSPS) is 13.2. The van der Waals surface area contributed by atoms with Gasteiger partial charge in [-0.2, -0.15) is 0 Å². The largest absolute Gasteiger partial charge is 0.508 e. The molecule has 0 aromatic heterocycles. The SMILES string of the molecule is C=Cc1cccc(C(C(=O)NC(Cc2ccccc2)C(=O)OC(C)(C)C)N(CCCCCCC)C(=O)C(Cc2ccc(O)cc2)NC(=O)OC(C)(C)C)c1. The van der Waals surface area contributed by atoms with E-state index in [1.54, 1.807) is 78.0 Å². The van der Waals surface area contributed by atoms with Crippen molar-refractivity contribution in [2.24, 2.45) is 0 Å². The zero-order valence-corrected chi connectivity index (χ0v) is 33.0. The molecule has 3 aromatic carbocycles. The van der Waals surface area contributed by atoms with Gasteiger partial charge in [-0.05, 0) is 88.4 Å². The molecular formula is C44H59N3O7. The summed E-state index contributed by atoms with van der Waals surface area (Å²) in [5.41, 5.74) is 1.09. The molecule has 3 rings (SSSR count).